The number of alkyl halides is 6. The van der Waals surface area contributed by atoms with Crippen LogP contribution in [-0.2, 0) is 12.4 Å². The van der Waals surface area contributed by atoms with E-state index in [9.17, 15) is 26.3 Å². The van der Waals surface area contributed by atoms with Gasteiger partial charge in [0.15, 0.2) is 16.5 Å². The number of imidazole rings is 1. The van der Waals surface area contributed by atoms with Crippen LogP contribution < -0.4 is 0 Å². The summed E-state index contributed by atoms with van der Waals surface area (Å²) in [4.78, 5) is 13.0. The zero-order chi connectivity index (χ0) is 16.1. The fraction of sp³-hybridized carbons (Fsp3) is 0.200. The molecule has 0 radical (unpaired) electrons. The highest BCUT2D eigenvalue weighted by molar-refractivity contribution is 7.12. The Morgan fingerprint density at radius 2 is 1.68 bits per heavy atom. The molecule has 116 valence electrons. The van der Waals surface area contributed by atoms with Crippen molar-refractivity contribution < 1.29 is 26.3 Å². The highest BCUT2D eigenvalue weighted by atomic mass is 32.1. The second-order valence-electron chi connectivity index (χ2n) is 3.99. The van der Waals surface area contributed by atoms with E-state index in [1.54, 1.807) is 0 Å². The van der Waals surface area contributed by atoms with Gasteiger partial charge in [0.25, 0.3) is 0 Å². The Kier molecular flexibility index (Phi) is 3.09. The molecule has 0 aliphatic heterocycles. The van der Waals surface area contributed by atoms with Crippen molar-refractivity contribution in [2.45, 2.75) is 12.4 Å². The van der Waals surface area contributed by atoms with Gasteiger partial charge in [0.1, 0.15) is 11.8 Å². The zero-order valence-corrected chi connectivity index (χ0v) is 11.0. The highest BCUT2D eigenvalue weighted by Crippen LogP contribution is 2.36. The van der Waals surface area contributed by atoms with Crippen molar-refractivity contribution in [2.24, 2.45) is 0 Å². The Hall–Kier alpha value is -2.24. The Morgan fingerprint density at radius 1 is 0.955 bits per heavy atom. The van der Waals surface area contributed by atoms with E-state index in [0.29, 0.717) is 0 Å². The average Bonchev–Trinajstić information content (AvgIpc) is 3.03. The molecule has 12 heteroatoms. The number of halogens is 6. The quantitative estimate of drug-likeness (QED) is 0.638. The number of hydrogen-bond donors (Lipinski definition) is 0. The largest absolute Gasteiger partial charge is 0.451 e. The van der Waals surface area contributed by atoms with Crippen LogP contribution in [0.15, 0.2) is 17.9 Å². The van der Waals surface area contributed by atoms with Gasteiger partial charge >= 0.3 is 12.4 Å². The van der Waals surface area contributed by atoms with Crippen molar-refractivity contribution in [3.05, 3.63) is 29.4 Å². The van der Waals surface area contributed by atoms with E-state index in [-0.39, 0.29) is 5.13 Å². The van der Waals surface area contributed by atoms with E-state index in [4.69, 9.17) is 0 Å². The van der Waals surface area contributed by atoms with E-state index in [2.05, 4.69) is 19.9 Å². The Bertz CT molecular complexity index is 819. The van der Waals surface area contributed by atoms with Crippen LogP contribution in [-0.4, -0.2) is 24.5 Å². The van der Waals surface area contributed by atoms with E-state index in [1.807, 2.05) is 0 Å². The fourth-order valence-electron chi connectivity index (χ4n) is 1.70. The minimum Gasteiger partial charge on any atom is -0.258 e. The summed E-state index contributed by atoms with van der Waals surface area (Å²) in [5.41, 5.74) is -3.11. The molecule has 0 spiro atoms. The van der Waals surface area contributed by atoms with Crippen molar-refractivity contribution in [3.63, 3.8) is 0 Å². The number of thiazole rings is 1. The number of aromatic nitrogens is 5. The minimum atomic E-state index is -5.12. The standard InChI is InChI=1S/C10H3F6N5S/c11-9(12,13)5-4-6(20-7(19-5)10(14,15)16)21(3-18-4)8-17-1-2-22-8/h1-3H. The molecule has 22 heavy (non-hydrogen) atoms. The van der Waals surface area contributed by atoms with Gasteiger partial charge in [0, 0.05) is 11.6 Å². The Balaban J connectivity index is 2.36. The third-order valence-electron chi connectivity index (χ3n) is 2.54. The summed E-state index contributed by atoms with van der Waals surface area (Å²) in [7, 11) is 0. The maximum Gasteiger partial charge on any atom is 0.451 e. The van der Waals surface area contributed by atoms with Crippen molar-refractivity contribution in [3.8, 4) is 5.13 Å². The van der Waals surface area contributed by atoms with Gasteiger partial charge in [-0.1, -0.05) is 0 Å². The summed E-state index contributed by atoms with van der Waals surface area (Å²) in [6.45, 7) is 0. The lowest BCUT2D eigenvalue weighted by atomic mass is 10.3. The molecule has 0 fully saturated rings. The molecule has 0 saturated carbocycles. The summed E-state index contributed by atoms with van der Waals surface area (Å²) < 4.78 is 77.9. The summed E-state index contributed by atoms with van der Waals surface area (Å²) >= 11 is 1.01. The van der Waals surface area contributed by atoms with Gasteiger partial charge in [-0.25, -0.2) is 19.9 Å². The van der Waals surface area contributed by atoms with E-state index in [1.165, 1.54) is 11.6 Å². The first-order valence-corrected chi connectivity index (χ1v) is 6.35. The number of nitrogens with zero attached hydrogens (tertiary/aromatic N) is 5. The smallest absolute Gasteiger partial charge is 0.258 e. The molecule has 0 unspecified atom stereocenters. The number of hydrogen-bond acceptors (Lipinski definition) is 5. The predicted molar refractivity (Wildman–Crippen MR) is 62.3 cm³/mol. The van der Waals surface area contributed by atoms with Gasteiger partial charge in [0.2, 0.25) is 5.82 Å². The van der Waals surface area contributed by atoms with Gasteiger partial charge in [-0.2, -0.15) is 26.3 Å². The van der Waals surface area contributed by atoms with Crippen LogP contribution in [0.25, 0.3) is 16.3 Å². The SMILES string of the molecule is FC(F)(F)c1nc(C(F)(F)F)c2ncn(-c3nccs3)c2n1. The molecule has 0 aromatic carbocycles. The van der Waals surface area contributed by atoms with Crippen LogP contribution in [0.3, 0.4) is 0 Å². The lowest BCUT2D eigenvalue weighted by Gasteiger charge is -2.10. The molecular formula is C10H3F6N5S. The molecule has 5 nitrogen and oxygen atoms in total. The minimum absolute atomic E-state index is 0.141. The zero-order valence-electron chi connectivity index (χ0n) is 10.1. The Morgan fingerprint density at radius 3 is 2.23 bits per heavy atom. The van der Waals surface area contributed by atoms with Crippen LogP contribution in [0.5, 0.6) is 0 Å². The highest BCUT2D eigenvalue weighted by Gasteiger charge is 2.42. The first-order chi connectivity index (χ1) is 10.2. The summed E-state index contributed by atoms with van der Waals surface area (Å²) in [6.07, 6.45) is -7.94. The molecular weight excluding hydrogens is 336 g/mol. The average molecular weight is 339 g/mol. The molecule has 3 aromatic rings. The van der Waals surface area contributed by atoms with Gasteiger partial charge in [-0.15, -0.1) is 11.3 Å². The first kappa shape index (κ1) is 14.7. The maximum absolute atomic E-state index is 12.9. The molecule has 0 saturated heterocycles. The summed E-state index contributed by atoms with van der Waals surface area (Å²) in [5.74, 6) is -1.88. The summed E-state index contributed by atoms with van der Waals surface area (Å²) in [6, 6.07) is 0. The molecule has 0 atom stereocenters. The van der Waals surface area contributed by atoms with Gasteiger partial charge in [-0.3, -0.25) is 4.57 Å². The normalized spacial score (nSPS) is 13.0. The van der Waals surface area contributed by atoms with Crippen molar-refractivity contribution in [2.75, 3.05) is 0 Å². The fourth-order valence-corrected chi connectivity index (χ4v) is 2.31. The van der Waals surface area contributed by atoms with Crippen LogP contribution in [0, 0.1) is 0 Å². The molecule has 3 rings (SSSR count). The lowest BCUT2D eigenvalue weighted by molar-refractivity contribution is -0.151. The number of rotatable bonds is 1. The second kappa shape index (κ2) is 4.63. The molecule has 3 aromatic heterocycles. The molecule has 3 heterocycles. The molecule has 0 N–H and O–H groups in total. The van der Waals surface area contributed by atoms with Crippen LogP contribution >= 0.6 is 11.3 Å². The van der Waals surface area contributed by atoms with E-state index < -0.39 is 35.0 Å². The summed E-state index contributed by atoms with van der Waals surface area (Å²) in [5, 5.41) is 1.65. The van der Waals surface area contributed by atoms with Crippen LogP contribution in [0.1, 0.15) is 11.5 Å². The van der Waals surface area contributed by atoms with Crippen molar-refractivity contribution in [1.82, 2.24) is 24.5 Å². The third-order valence-corrected chi connectivity index (χ3v) is 3.31. The number of fused-ring (bicyclic) bond motifs is 1. The lowest BCUT2D eigenvalue weighted by Crippen LogP contribution is -2.18. The first-order valence-electron chi connectivity index (χ1n) is 5.47. The second-order valence-corrected chi connectivity index (χ2v) is 4.87. The molecule has 0 aliphatic rings. The van der Waals surface area contributed by atoms with Crippen LogP contribution in [0.4, 0.5) is 26.3 Å². The Labute approximate surface area is 121 Å². The molecule has 0 amide bonds. The molecule has 0 aliphatic carbocycles. The predicted octanol–water partition coefficient (Wildman–Crippen LogP) is 3.31. The van der Waals surface area contributed by atoms with Crippen molar-refractivity contribution in [1.29, 1.82) is 0 Å². The van der Waals surface area contributed by atoms with Crippen LogP contribution in [0.2, 0.25) is 0 Å². The monoisotopic (exact) mass is 339 g/mol. The van der Waals surface area contributed by atoms with Gasteiger partial charge < -0.3 is 0 Å². The maximum atomic E-state index is 12.9. The third kappa shape index (κ3) is 2.38. The van der Waals surface area contributed by atoms with Gasteiger partial charge in [0.05, 0.1) is 0 Å². The van der Waals surface area contributed by atoms with Gasteiger partial charge in [-0.05, 0) is 0 Å². The van der Waals surface area contributed by atoms with Crippen molar-refractivity contribution >= 4 is 22.5 Å². The van der Waals surface area contributed by atoms with E-state index in [0.717, 1.165) is 22.2 Å². The molecule has 0 bridgehead atoms. The van der Waals surface area contributed by atoms with E-state index >= 15 is 0 Å². The topological polar surface area (TPSA) is 56.5 Å².